The van der Waals surface area contributed by atoms with Gasteiger partial charge in [0.1, 0.15) is 0 Å². The molecule has 19 heavy (non-hydrogen) atoms. The number of thiocarbonyl (C=S) groups is 1. The van der Waals surface area contributed by atoms with Gasteiger partial charge in [0.05, 0.1) is 11.3 Å². The Labute approximate surface area is 119 Å². The topological polar surface area (TPSA) is 58.4 Å². The molecule has 1 aromatic rings. The van der Waals surface area contributed by atoms with Crippen LogP contribution in [0.4, 0.5) is 5.69 Å². The number of likely N-dealkylation sites (tertiary alicyclic amines) is 1. The molecule has 102 valence electrons. The third kappa shape index (κ3) is 3.23. The molecule has 1 amide bonds. The van der Waals surface area contributed by atoms with Crippen LogP contribution in [-0.2, 0) is 0 Å². The fourth-order valence-electron chi connectivity index (χ4n) is 2.47. The number of hydrogen-bond donors (Lipinski definition) is 2. The molecule has 0 radical (unpaired) electrons. The van der Waals surface area contributed by atoms with Crippen molar-refractivity contribution in [1.82, 2.24) is 4.90 Å². The minimum absolute atomic E-state index is 0.0477. The lowest BCUT2D eigenvalue weighted by atomic mass is 10.0. The van der Waals surface area contributed by atoms with Gasteiger partial charge in [0.2, 0.25) is 0 Å². The van der Waals surface area contributed by atoms with Crippen molar-refractivity contribution in [2.45, 2.75) is 32.2 Å². The highest BCUT2D eigenvalue weighted by Crippen LogP contribution is 2.23. The van der Waals surface area contributed by atoms with E-state index in [1.807, 2.05) is 29.2 Å². The van der Waals surface area contributed by atoms with Crippen molar-refractivity contribution in [1.29, 1.82) is 0 Å². The van der Waals surface area contributed by atoms with E-state index in [1.54, 1.807) is 0 Å². The van der Waals surface area contributed by atoms with E-state index in [0.29, 0.717) is 17.3 Å². The minimum atomic E-state index is 0.0477. The first-order valence-electron chi connectivity index (χ1n) is 6.56. The maximum absolute atomic E-state index is 12.6. The Morgan fingerprint density at radius 3 is 2.84 bits per heavy atom. The van der Waals surface area contributed by atoms with Crippen molar-refractivity contribution in [3.63, 3.8) is 0 Å². The van der Waals surface area contributed by atoms with Crippen LogP contribution in [0.5, 0.6) is 0 Å². The van der Waals surface area contributed by atoms with Crippen LogP contribution in [0.25, 0.3) is 0 Å². The average Bonchev–Trinajstić information content (AvgIpc) is 2.38. The first kappa shape index (κ1) is 13.8. The molecule has 1 heterocycles. The van der Waals surface area contributed by atoms with Gasteiger partial charge in [-0.05, 0) is 50.5 Å². The van der Waals surface area contributed by atoms with E-state index in [1.165, 1.54) is 6.42 Å². The fraction of sp³-hybridized carbons (Fsp3) is 0.429. The molecule has 1 aliphatic rings. The highest BCUT2D eigenvalue weighted by atomic mass is 32.1. The van der Waals surface area contributed by atoms with E-state index >= 15 is 0 Å². The van der Waals surface area contributed by atoms with Gasteiger partial charge in [0, 0.05) is 12.6 Å². The summed E-state index contributed by atoms with van der Waals surface area (Å²) in [6, 6.07) is 7.63. The van der Waals surface area contributed by atoms with E-state index in [4.69, 9.17) is 18.0 Å². The van der Waals surface area contributed by atoms with Crippen LogP contribution in [0.1, 0.15) is 36.5 Å². The molecule has 0 bridgehead atoms. The van der Waals surface area contributed by atoms with E-state index in [0.717, 1.165) is 19.4 Å². The Morgan fingerprint density at radius 1 is 1.42 bits per heavy atom. The van der Waals surface area contributed by atoms with Crippen molar-refractivity contribution in [2.75, 3.05) is 11.9 Å². The summed E-state index contributed by atoms with van der Waals surface area (Å²) >= 11 is 4.85. The zero-order chi connectivity index (χ0) is 13.8. The Hall–Kier alpha value is -1.62. The predicted molar refractivity (Wildman–Crippen MR) is 81.2 cm³/mol. The Morgan fingerprint density at radius 2 is 2.16 bits per heavy atom. The van der Waals surface area contributed by atoms with Crippen LogP contribution in [0.15, 0.2) is 24.3 Å². The smallest absolute Gasteiger partial charge is 0.256 e. The summed E-state index contributed by atoms with van der Waals surface area (Å²) in [7, 11) is 0. The molecule has 2 rings (SSSR count). The predicted octanol–water partition coefficient (Wildman–Crippen LogP) is 2.36. The molecule has 0 spiro atoms. The van der Waals surface area contributed by atoms with Gasteiger partial charge in [-0.25, -0.2) is 0 Å². The molecule has 4 nitrogen and oxygen atoms in total. The van der Waals surface area contributed by atoms with Gasteiger partial charge in [-0.1, -0.05) is 12.1 Å². The summed E-state index contributed by atoms with van der Waals surface area (Å²) in [6.07, 6.45) is 3.33. The number of carbonyl (C=O) groups excluding carboxylic acids is 1. The summed E-state index contributed by atoms with van der Waals surface area (Å²) in [6.45, 7) is 2.92. The standard InChI is InChI=1S/C14H19N3OS/c1-10-6-4-5-9-17(10)13(18)11-7-2-3-8-12(11)16-14(15)19/h2-3,7-8,10H,4-6,9H2,1H3,(H3,15,16,19). The Balaban J connectivity index is 2.25. The average molecular weight is 277 g/mol. The second-order valence-electron chi connectivity index (χ2n) is 4.88. The van der Waals surface area contributed by atoms with Gasteiger partial charge in [-0.2, -0.15) is 0 Å². The second-order valence-corrected chi connectivity index (χ2v) is 5.32. The fourth-order valence-corrected chi connectivity index (χ4v) is 2.58. The zero-order valence-corrected chi connectivity index (χ0v) is 11.9. The molecule has 5 heteroatoms. The number of benzene rings is 1. The maximum atomic E-state index is 12.6. The molecule has 1 saturated heterocycles. The van der Waals surface area contributed by atoms with Crippen LogP contribution < -0.4 is 11.1 Å². The quantitative estimate of drug-likeness (QED) is 0.815. The number of para-hydroxylation sites is 1. The summed E-state index contributed by atoms with van der Waals surface area (Å²) in [5.74, 6) is 0.0477. The van der Waals surface area contributed by atoms with Gasteiger partial charge >= 0.3 is 0 Å². The second kappa shape index (κ2) is 6.02. The van der Waals surface area contributed by atoms with Crippen molar-refractivity contribution in [3.8, 4) is 0 Å². The van der Waals surface area contributed by atoms with Crippen LogP contribution in [-0.4, -0.2) is 28.5 Å². The summed E-state index contributed by atoms with van der Waals surface area (Å²) < 4.78 is 0. The van der Waals surface area contributed by atoms with E-state index in [2.05, 4.69) is 12.2 Å². The molecule has 0 saturated carbocycles. The van der Waals surface area contributed by atoms with Gasteiger partial charge in [-0.15, -0.1) is 0 Å². The van der Waals surface area contributed by atoms with Crippen molar-refractivity contribution < 1.29 is 4.79 Å². The molecule has 3 N–H and O–H groups in total. The lowest BCUT2D eigenvalue weighted by Crippen LogP contribution is -2.42. The number of nitrogens with zero attached hydrogens (tertiary/aromatic N) is 1. The highest BCUT2D eigenvalue weighted by Gasteiger charge is 2.25. The number of amides is 1. The molecule has 1 aliphatic heterocycles. The largest absolute Gasteiger partial charge is 0.376 e. The lowest BCUT2D eigenvalue weighted by Gasteiger charge is -2.33. The van der Waals surface area contributed by atoms with Gasteiger partial charge in [-0.3, -0.25) is 4.79 Å². The number of hydrogen-bond acceptors (Lipinski definition) is 2. The normalized spacial score (nSPS) is 19.0. The molecule has 1 fully saturated rings. The highest BCUT2D eigenvalue weighted by molar-refractivity contribution is 7.80. The summed E-state index contributed by atoms with van der Waals surface area (Å²) in [5.41, 5.74) is 6.80. The van der Waals surface area contributed by atoms with Crippen molar-refractivity contribution >= 4 is 28.9 Å². The Bertz CT molecular complexity index is 489. The van der Waals surface area contributed by atoms with Gasteiger partial charge < -0.3 is 16.0 Å². The molecule has 0 aromatic heterocycles. The number of anilines is 1. The third-order valence-electron chi connectivity index (χ3n) is 3.48. The molecule has 1 unspecified atom stereocenters. The number of carbonyl (C=O) groups is 1. The van der Waals surface area contributed by atoms with Crippen molar-refractivity contribution in [3.05, 3.63) is 29.8 Å². The third-order valence-corrected chi connectivity index (χ3v) is 3.58. The van der Waals surface area contributed by atoms with E-state index in [9.17, 15) is 4.79 Å². The van der Waals surface area contributed by atoms with Gasteiger partial charge in [0.25, 0.3) is 5.91 Å². The number of piperidine rings is 1. The van der Waals surface area contributed by atoms with Crippen LogP contribution >= 0.6 is 12.2 Å². The minimum Gasteiger partial charge on any atom is -0.376 e. The number of rotatable bonds is 2. The summed E-state index contributed by atoms with van der Waals surface area (Å²) in [4.78, 5) is 14.5. The molecule has 0 aliphatic carbocycles. The summed E-state index contributed by atoms with van der Waals surface area (Å²) in [5, 5.41) is 3.04. The van der Waals surface area contributed by atoms with E-state index < -0.39 is 0 Å². The van der Waals surface area contributed by atoms with E-state index in [-0.39, 0.29) is 11.0 Å². The van der Waals surface area contributed by atoms with Crippen LogP contribution in [0.2, 0.25) is 0 Å². The lowest BCUT2D eigenvalue weighted by molar-refractivity contribution is 0.0636. The molecule has 1 aromatic carbocycles. The van der Waals surface area contributed by atoms with Gasteiger partial charge in [0.15, 0.2) is 5.11 Å². The zero-order valence-electron chi connectivity index (χ0n) is 11.1. The molecular weight excluding hydrogens is 258 g/mol. The maximum Gasteiger partial charge on any atom is 0.256 e. The van der Waals surface area contributed by atoms with Crippen LogP contribution in [0, 0.1) is 0 Å². The first-order chi connectivity index (χ1) is 9.09. The van der Waals surface area contributed by atoms with Crippen molar-refractivity contribution in [2.24, 2.45) is 5.73 Å². The van der Waals surface area contributed by atoms with Crippen LogP contribution in [0.3, 0.4) is 0 Å². The Kier molecular flexibility index (Phi) is 4.37. The first-order valence-corrected chi connectivity index (χ1v) is 6.97. The SMILES string of the molecule is CC1CCCCN1C(=O)c1ccccc1NC(N)=S. The number of nitrogens with one attached hydrogen (secondary N) is 1. The molecular formula is C14H19N3OS. The molecule has 1 atom stereocenters. The number of nitrogens with two attached hydrogens (primary N) is 1. The monoisotopic (exact) mass is 277 g/mol.